The maximum atomic E-state index is 12.7. The number of carboxylic acids is 1. The van der Waals surface area contributed by atoms with Crippen LogP contribution in [0.25, 0.3) is 11.3 Å². The smallest absolute Gasteiger partial charge is 0.308 e. The Morgan fingerprint density at radius 3 is 2.68 bits per heavy atom. The molecule has 1 amide bonds. The number of H-pyrrole nitrogens is 1. The van der Waals surface area contributed by atoms with Crippen molar-refractivity contribution in [3.8, 4) is 11.3 Å². The second-order valence-electron chi connectivity index (χ2n) is 5.53. The van der Waals surface area contributed by atoms with E-state index in [1.165, 1.54) is 6.20 Å². The maximum Gasteiger partial charge on any atom is 0.308 e. The highest BCUT2D eigenvalue weighted by atomic mass is 16.4. The number of carbonyl (C=O) groups excluding carboxylic acids is 1. The van der Waals surface area contributed by atoms with Gasteiger partial charge in [0, 0.05) is 31.0 Å². The predicted molar refractivity (Wildman–Crippen MR) is 78.0 cm³/mol. The average Bonchev–Trinajstić information content (AvgIpc) is 3.14. The molecular weight excluding hydrogens is 284 g/mol. The van der Waals surface area contributed by atoms with Gasteiger partial charge in [0.1, 0.15) is 0 Å². The van der Waals surface area contributed by atoms with Gasteiger partial charge in [0.2, 0.25) is 0 Å². The zero-order valence-corrected chi connectivity index (χ0v) is 12.1. The molecule has 1 aliphatic heterocycles. The van der Waals surface area contributed by atoms with Crippen LogP contribution in [0, 0.1) is 11.8 Å². The molecule has 2 aromatic heterocycles. The van der Waals surface area contributed by atoms with Gasteiger partial charge in [-0.15, -0.1) is 0 Å². The molecule has 2 N–H and O–H groups in total. The van der Waals surface area contributed by atoms with E-state index in [0.29, 0.717) is 17.8 Å². The summed E-state index contributed by atoms with van der Waals surface area (Å²) in [6.45, 7) is 2.53. The normalized spacial score (nSPS) is 21.0. The molecule has 22 heavy (non-hydrogen) atoms. The lowest BCUT2D eigenvalue weighted by atomic mass is 9.99. The number of nitrogens with one attached hydrogen (secondary N) is 1. The van der Waals surface area contributed by atoms with E-state index < -0.39 is 11.9 Å². The lowest BCUT2D eigenvalue weighted by molar-refractivity contribution is -0.142. The first-order valence-electron chi connectivity index (χ1n) is 7.03. The van der Waals surface area contributed by atoms with Gasteiger partial charge >= 0.3 is 5.97 Å². The summed E-state index contributed by atoms with van der Waals surface area (Å²) in [6, 6.07) is 3.58. The van der Waals surface area contributed by atoms with Crippen molar-refractivity contribution in [1.82, 2.24) is 20.1 Å². The minimum atomic E-state index is -0.857. The molecule has 0 saturated carbocycles. The molecular formula is C15H16N4O3. The Kier molecular flexibility index (Phi) is 3.62. The van der Waals surface area contributed by atoms with Gasteiger partial charge in [-0.3, -0.25) is 19.7 Å². The maximum absolute atomic E-state index is 12.7. The number of aromatic nitrogens is 3. The minimum absolute atomic E-state index is 0.0577. The van der Waals surface area contributed by atoms with Gasteiger partial charge in [-0.1, -0.05) is 6.92 Å². The molecule has 0 aliphatic carbocycles. The first-order valence-corrected chi connectivity index (χ1v) is 7.03. The third-order valence-electron chi connectivity index (χ3n) is 4.06. The lowest BCUT2D eigenvalue weighted by Crippen LogP contribution is -2.30. The van der Waals surface area contributed by atoms with E-state index in [4.69, 9.17) is 0 Å². The number of hydrogen-bond donors (Lipinski definition) is 2. The number of rotatable bonds is 3. The molecule has 7 nitrogen and oxygen atoms in total. The molecule has 3 heterocycles. The lowest BCUT2D eigenvalue weighted by Gasteiger charge is -2.15. The van der Waals surface area contributed by atoms with E-state index in [9.17, 15) is 14.7 Å². The highest BCUT2D eigenvalue weighted by molar-refractivity contribution is 6.00. The highest BCUT2D eigenvalue weighted by Gasteiger charge is 2.38. The van der Waals surface area contributed by atoms with E-state index in [2.05, 4.69) is 15.2 Å². The van der Waals surface area contributed by atoms with Gasteiger partial charge in [-0.25, -0.2) is 0 Å². The number of carboxylic acid groups (broad SMARTS) is 1. The molecule has 7 heteroatoms. The Labute approximate surface area is 127 Å². The van der Waals surface area contributed by atoms with Gasteiger partial charge in [0.05, 0.1) is 23.4 Å². The minimum Gasteiger partial charge on any atom is -0.481 e. The van der Waals surface area contributed by atoms with Gasteiger partial charge in [0.15, 0.2) is 0 Å². The van der Waals surface area contributed by atoms with Crippen molar-refractivity contribution in [3.63, 3.8) is 0 Å². The van der Waals surface area contributed by atoms with Gasteiger partial charge in [-0.2, -0.15) is 5.10 Å². The topological polar surface area (TPSA) is 99.2 Å². The molecule has 0 bridgehead atoms. The standard InChI is InChI=1S/C15H16N4O3/c1-9-7-19(8-12(9)15(21)22)14(20)11-6-17-18-13(11)10-2-4-16-5-3-10/h2-6,9,12H,7-8H2,1H3,(H,17,18)(H,21,22)/t9-,12-/m1/s1. The van der Waals surface area contributed by atoms with Gasteiger partial charge < -0.3 is 10.0 Å². The molecule has 1 saturated heterocycles. The van der Waals surface area contributed by atoms with Crippen LogP contribution in [0.3, 0.4) is 0 Å². The Morgan fingerprint density at radius 2 is 2.05 bits per heavy atom. The molecule has 0 spiro atoms. The summed E-state index contributed by atoms with van der Waals surface area (Å²) in [6.07, 6.45) is 4.77. The molecule has 0 radical (unpaired) electrons. The van der Waals surface area contributed by atoms with Crippen molar-refractivity contribution in [2.75, 3.05) is 13.1 Å². The summed E-state index contributed by atoms with van der Waals surface area (Å²) in [7, 11) is 0. The van der Waals surface area contributed by atoms with Crippen molar-refractivity contribution in [3.05, 3.63) is 36.3 Å². The van der Waals surface area contributed by atoms with Crippen LogP contribution < -0.4 is 0 Å². The van der Waals surface area contributed by atoms with Crippen LogP contribution in [-0.2, 0) is 4.79 Å². The molecule has 3 rings (SSSR count). The molecule has 1 fully saturated rings. The van der Waals surface area contributed by atoms with Crippen LogP contribution in [0.2, 0.25) is 0 Å². The Morgan fingerprint density at radius 1 is 1.32 bits per heavy atom. The number of pyridine rings is 1. The number of amides is 1. The fourth-order valence-corrected chi connectivity index (χ4v) is 2.81. The van der Waals surface area contributed by atoms with Crippen molar-refractivity contribution in [2.24, 2.45) is 11.8 Å². The fraction of sp³-hybridized carbons (Fsp3) is 0.333. The van der Waals surface area contributed by atoms with E-state index >= 15 is 0 Å². The second kappa shape index (κ2) is 5.59. The van der Waals surface area contributed by atoms with Crippen LogP contribution in [0.4, 0.5) is 0 Å². The summed E-state index contributed by atoms with van der Waals surface area (Å²) in [5.41, 5.74) is 1.89. The third-order valence-corrected chi connectivity index (χ3v) is 4.06. The first kappa shape index (κ1) is 14.2. The van der Waals surface area contributed by atoms with Crippen molar-refractivity contribution >= 4 is 11.9 Å². The monoisotopic (exact) mass is 300 g/mol. The molecule has 2 atom stereocenters. The van der Waals surface area contributed by atoms with E-state index in [1.54, 1.807) is 29.4 Å². The van der Waals surface area contributed by atoms with Gasteiger partial charge in [0.25, 0.3) is 5.91 Å². The van der Waals surface area contributed by atoms with Crippen molar-refractivity contribution in [2.45, 2.75) is 6.92 Å². The highest BCUT2D eigenvalue weighted by Crippen LogP contribution is 2.27. The Bertz CT molecular complexity index is 698. The number of carbonyl (C=O) groups is 2. The number of aliphatic carboxylic acids is 1. The van der Waals surface area contributed by atoms with Crippen LogP contribution >= 0.6 is 0 Å². The number of aromatic amines is 1. The molecule has 0 unspecified atom stereocenters. The van der Waals surface area contributed by atoms with Crippen LogP contribution in [0.1, 0.15) is 17.3 Å². The summed E-state index contributed by atoms with van der Waals surface area (Å²) in [4.78, 5) is 29.4. The molecule has 1 aliphatic rings. The summed E-state index contributed by atoms with van der Waals surface area (Å²) < 4.78 is 0. The van der Waals surface area contributed by atoms with E-state index in [1.807, 2.05) is 6.92 Å². The number of likely N-dealkylation sites (tertiary alicyclic amines) is 1. The summed E-state index contributed by atoms with van der Waals surface area (Å²) >= 11 is 0. The average molecular weight is 300 g/mol. The van der Waals surface area contributed by atoms with E-state index in [-0.39, 0.29) is 18.4 Å². The third kappa shape index (κ3) is 2.45. The van der Waals surface area contributed by atoms with Crippen LogP contribution in [0.5, 0.6) is 0 Å². The van der Waals surface area contributed by atoms with E-state index in [0.717, 1.165) is 5.56 Å². The first-order chi connectivity index (χ1) is 10.6. The molecule has 0 aromatic carbocycles. The largest absolute Gasteiger partial charge is 0.481 e. The quantitative estimate of drug-likeness (QED) is 0.889. The summed E-state index contributed by atoms with van der Waals surface area (Å²) in [5.74, 6) is -1.63. The fourth-order valence-electron chi connectivity index (χ4n) is 2.81. The van der Waals surface area contributed by atoms with Crippen molar-refractivity contribution in [1.29, 1.82) is 0 Å². The second-order valence-corrected chi connectivity index (χ2v) is 5.53. The number of nitrogens with zero attached hydrogens (tertiary/aromatic N) is 3. The van der Waals surface area contributed by atoms with Gasteiger partial charge in [-0.05, 0) is 18.1 Å². The summed E-state index contributed by atoms with van der Waals surface area (Å²) in [5, 5.41) is 16.0. The zero-order chi connectivity index (χ0) is 15.7. The van der Waals surface area contributed by atoms with Crippen LogP contribution in [-0.4, -0.2) is 50.2 Å². The predicted octanol–water partition coefficient (Wildman–Crippen LogP) is 1.26. The Balaban J connectivity index is 1.86. The van der Waals surface area contributed by atoms with Crippen molar-refractivity contribution < 1.29 is 14.7 Å². The van der Waals surface area contributed by atoms with Crippen LogP contribution in [0.15, 0.2) is 30.7 Å². The SMILES string of the molecule is C[C@@H]1CN(C(=O)c2cn[nH]c2-c2ccncc2)C[C@H]1C(=O)O. The Hall–Kier alpha value is -2.70. The zero-order valence-electron chi connectivity index (χ0n) is 12.1. The number of hydrogen-bond acceptors (Lipinski definition) is 4. The molecule has 2 aromatic rings. The molecule has 114 valence electrons.